The summed E-state index contributed by atoms with van der Waals surface area (Å²) in [4.78, 5) is 31.3. The number of aryl methyl sites for hydroxylation is 1. The Labute approximate surface area is 116 Å². The summed E-state index contributed by atoms with van der Waals surface area (Å²) in [5.41, 5.74) is -0.132. The largest absolute Gasteiger partial charge is 0.351 e. The summed E-state index contributed by atoms with van der Waals surface area (Å²) in [6, 6.07) is 0. The molecule has 0 bridgehead atoms. The minimum atomic E-state index is -0.380. The van der Waals surface area contributed by atoms with E-state index >= 15 is 0 Å². The van der Waals surface area contributed by atoms with E-state index in [-0.39, 0.29) is 16.8 Å². The van der Waals surface area contributed by atoms with Crippen LogP contribution in [0.5, 0.6) is 0 Å². The Hall–Kier alpha value is -2.05. The molecule has 0 radical (unpaired) electrons. The van der Waals surface area contributed by atoms with Crippen molar-refractivity contribution < 1.29 is 0 Å². The fourth-order valence-electron chi connectivity index (χ4n) is 2.10. The molecular formula is C13H21N5O2. The average molecular weight is 279 g/mol. The summed E-state index contributed by atoms with van der Waals surface area (Å²) in [5, 5.41) is 3.31. The first kappa shape index (κ1) is 14.4. The third-order valence-corrected chi connectivity index (χ3v) is 4.08. The molecule has 0 fully saturated rings. The van der Waals surface area contributed by atoms with Gasteiger partial charge in [0.1, 0.15) is 0 Å². The average Bonchev–Trinajstić information content (AvgIpc) is 2.86. The molecule has 0 aliphatic heterocycles. The fraction of sp³-hybridized carbons (Fsp3) is 0.615. The molecule has 0 unspecified atom stereocenters. The lowest BCUT2D eigenvalue weighted by Gasteiger charge is -2.27. The smallest absolute Gasteiger partial charge is 0.332 e. The monoisotopic (exact) mass is 279 g/mol. The molecule has 110 valence electrons. The van der Waals surface area contributed by atoms with Crippen molar-refractivity contribution in [2.45, 2.75) is 39.2 Å². The van der Waals surface area contributed by atoms with Crippen molar-refractivity contribution in [3.05, 3.63) is 20.8 Å². The predicted molar refractivity (Wildman–Crippen MR) is 79.2 cm³/mol. The minimum Gasteiger partial charge on any atom is -0.351 e. The van der Waals surface area contributed by atoms with E-state index in [4.69, 9.17) is 0 Å². The van der Waals surface area contributed by atoms with Crippen molar-refractivity contribution in [1.82, 2.24) is 19.1 Å². The number of hydrogen-bond donors (Lipinski definition) is 2. The third-order valence-electron chi connectivity index (χ3n) is 4.08. The van der Waals surface area contributed by atoms with Gasteiger partial charge in [-0.3, -0.25) is 13.9 Å². The van der Waals surface area contributed by atoms with E-state index in [0.29, 0.717) is 17.1 Å². The van der Waals surface area contributed by atoms with E-state index < -0.39 is 0 Å². The summed E-state index contributed by atoms with van der Waals surface area (Å²) in [6.45, 7) is 6.28. The van der Waals surface area contributed by atoms with Gasteiger partial charge in [0.05, 0.1) is 0 Å². The molecule has 2 N–H and O–H groups in total. The highest BCUT2D eigenvalue weighted by Crippen LogP contribution is 2.20. The zero-order valence-electron chi connectivity index (χ0n) is 12.6. The molecule has 2 heterocycles. The zero-order chi connectivity index (χ0) is 15.1. The number of aromatic nitrogens is 4. The molecule has 0 aliphatic carbocycles. The summed E-state index contributed by atoms with van der Waals surface area (Å²) in [5.74, 6) is 0.518. The number of fused-ring (bicyclic) bond motifs is 1. The molecule has 0 saturated heterocycles. The summed E-state index contributed by atoms with van der Waals surface area (Å²) >= 11 is 0. The van der Waals surface area contributed by atoms with Gasteiger partial charge >= 0.3 is 5.69 Å². The molecule has 0 aromatic carbocycles. The first-order chi connectivity index (χ1) is 9.33. The van der Waals surface area contributed by atoms with Crippen LogP contribution >= 0.6 is 0 Å². The number of hydrogen-bond acceptors (Lipinski definition) is 4. The van der Waals surface area contributed by atoms with Crippen molar-refractivity contribution in [3.63, 3.8) is 0 Å². The van der Waals surface area contributed by atoms with Gasteiger partial charge in [-0.1, -0.05) is 13.8 Å². The molecule has 0 atom stereocenters. The minimum absolute atomic E-state index is 0.0992. The van der Waals surface area contributed by atoms with Crippen molar-refractivity contribution in [1.29, 1.82) is 0 Å². The number of nitrogens with zero attached hydrogens (tertiary/aromatic N) is 3. The maximum atomic E-state index is 12.1. The van der Waals surface area contributed by atoms with Crippen LogP contribution in [0.25, 0.3) is 11.2 Å². The van der Waals surface area contributed by atoms with Crippen molar-refractivity contribution >= 4 is 17.1 Å². The Morgan fingerprint density at radius 1 is 1.20 bits per heavy atom. The number of rotatable bonds is 4. The Morgan fingerprint density at radius 2 is 1.80 bits per heavy atom. The number of anilines is 1. The van der Waals surface area contributed by atoms with Gasteiger partial charge in [-0.05, 0) is 19.8 Å². The summed E-state index contributed by atoms with van der Waals surface area (Å²) in [6.07, 6.45) is 1.86. The van der Waals surface area contributed by atoms with E-state index in [1.807, 2.05) is 0 Å². The first-order valence-electron chi connectivity index (χ1n) is 6.77. The van der Waals surface area contributed by atoms with Gasteiger partial charge in [0.25, 0.3) is 5.56 Å². The fourth-order valence-corrected chi connectivity index (χ4v) is 2.10. The van der Waals surface area contributed by atoms with Gasteiger partial charge in [-0.25, -0.2) is 4.79 Å². The topological polar surface area (TPSA) is 84.7 Å². The SMILES string of the molecule is CCC(C)(CC)Nc1nc2c([nH]1)c(=O)n(C)c(=O)n2C. The highest BCUT2D eigenvalue weighted by molar-refractivity contribution is 5.72. The lowest BCUT2D eigenvalue weighted by Crippen LogP contribution is -2.36. The molecule has 2 aromatic rings. The van der Waals surface area contributed by atoms with Crippen LogP contribution in [0, 0.1) is 0 Å². The Balaban J connectivity index is 2.61. The predicted octanol–water partition coefficient (Wildman–Crippen LogP) is 0.951. The standard InChI is InChI=1S/C13H21N5O2/c1-6-13(3,7-2)16-11-14-8-9(15-11)17(4)12(20)18(5)10(8)19/h6-7H2,1-5H3,(H2,14,15,16). The second-order valence-electron chi connectivity index (χ2n) is 5.38. The highest BCUT2D eigenvalue weighted by atomic mass is 16.2. The Kier molecular flexibility index (Phi) is 3.45. The Bertz CT molecular complexity index is 748. The lowest BCUT2D eigenvalue weighted by atomic mass is 9.96. The third kappa shape index (κ3) is 2.13. The van der Waals surface area contributed by atoms with Crippen molar-refractivity contribution in [2.75, 3.05) is 5.32 Å². The second kappa shape index (κ2) is 4.81. The van der Waals surface area contributed by atoms with Crippen molar-refractivity contribution in [3.8, 4) is 0 Å². The molecule has 20 heavy (non-hydrogen) atoms. The van der Waals surface area contributed by atoms with E-state index in [2.05, 4.69) is 36.1 Å². The van der Waals surface area contributed by atoms with Crippen LogP contribution in [0.3, 0.4) is 0 Å². The molecule has 7 nitrogen and oxygen atoms in total. The molecule has 2 rings (SSSR count). The maximum absolute atomic E-state index is 12.1. The quantitative estimate of drug-likeness (QED) is 0.872. The zero-order valence-corrected chi connectivity index (χ0v) is 12.6. The van der Waals surface area contributed by atoms with Gasteiger partial charge in [0, 0.05) is 19.6 Å². The van der Waals surface area contributed by atoms with Crippen LogP contribution in [0.15, 0.2) is 9.59 Å². The molecular weight excluding hydrogens is 258 g/mol. The molecule has 0 spiro atoms. The lowest BCUT2D eigenvalue weighted by molar-refractivity contribution is 0.475. The van der Waals surface area contributed by atoms with Crippen molar-refractivity contribution in [2.24, 2.45) is 14.1 Å². The number of H-pyrrole nitrogens is 1. The van der Waals surface area contributed by atoms with Crippen LogP contribution in [-0.4, -0.2) is 24.6 Å². The maximum Gasteiger partial charge on any atom is 0.332 e. The molecule has 0 saturated carbocycles. The second-order valence-corrected chi connectivity index (χ2v) is 5.38. The molecule has 0 aliphatic rings. The molecule has 2 aromatic heterocycles. The van der Waals surface area contributed by atoms with E-state index in [9.17, 15) is 9.59 Å². The van der Waals surface area contributed by atoms with E-state index in [1.165, 1.54) is 11.6 Å². The Morgan fingerprint density at radius 3 is 2.35 bits per heavy atom. The number of imidazole rings is 1. The summed E-state index contributed by atoms with van der Waals surface area (Å²) in [7, 11) is 3.06. The van der Waals surface area contributed by atoms with Crippen LogP contribution in [0.4, 0.5) is 5.95 Å². The number of aromatic amines is 1. The summed E-state index contributed by atoms with van der Waals surface area (Å²) < 4.78 is 2.44. The van der Waals surface area contributed by atoms with Gasteiger partial charge in [-0.2, -0.15) is 4.98 Å². The molecule has 7 heteroatoms. The van der Waals surface area contributed by atoms with Crippen LogP contribution in [0.1, 0.15) is 33.6 Å². The van der Waals surface area contributed by atoms with Gasteiger partial charge in [-0.15, -0.1) is 0 Å². The van der Waals surface area contributed by atoms with Gasteiger partial charge in [0.2, 0.25) is 5.95 Å². The van der Waals surface area contributed by atoms with Crippen LogP contribution < -0.4 is 16.6 Å². The van der Waals surface area contributed by atoms with Crippen LogP contribution in [-0.2, 0) is 14.1 Å². The van der Waals surface area contributed by atoms with Gasteiger partial charge in [0.15, 0.2) is 11.2 Å². The molecule has 0 amide bonds. The van der Waals surface area contributed by atoms with E-state index in [1.54, 1.807) is 7.05 Å². The van der Waals surface area contributed by atoms with Crippen LogP contribution in [0.2, 0.25) is 0 Å². The van der Waals surface area contributed by atoms with E-state index in [0.717, 1.165) is 17.4 Å². The normalized spacial score (nSPS) is 12.1. The highest BCUT2D eigenvalue weighted by Gasteiger charge is 2.22. The first-order valence-corrected chi connectivity index (χ1v) is 6.77. The number of nitrogens with one attached hydrogen (secondary N) is 2. The van der Waals surface area contributed by atoms with Gasteiger partial charge < -0.3 is 10.3 Å².